The molecule has 7 N–H and O–H groups in total. The maximum atomic E-state index is 10.4. The van der Waals surface area contributed by atoms with Crippen molar-refractivity contribution in [1.82, 2.24) is 0 Å². The van der Waals surface area contributed by atoms with E-state index in [1.165, 1.54) is 0 Å². The molecule has 0 heterocycles. The predicted octanol–water partition coefficient (Wildman–Crippen LogP) is -1.35. The molecule has 18 heavy (non-hydrogen) atoms. The van der Waals surface area contributed by atoms with Gasteiger partial charge in [0.2, 0.25) is 0 Å². The van der Waals surface area contributed by atoms with Crippen molar-refractivity contribution in [3.05, 3.63) is 0 Å². The number of hydrogen-bond acceptors (Lipinski definition) is 7. The molecule has 0 bridgehead atoms. The minimum atomic E-state index is -5.46. The average molecular weight is 356 g/mol. The third-order valence-electron chi connectivity index (χ3n) is 0.419. The van der Waals surface area contributed by atoms with Gasteiger partial charge in [0, 0.05) is 0 Å². The van der Waals surface area contributed by atoms with Gasteiger partial charge in [0.25, 0.3) is 0 Å². The molecule has 0 amide bonds. The highest BCUT2D eigenvalue weighted by Crippen LogP contribution is 2.64. The summed E-state index contributed by atoms with van der Waals surface area (Å²) in [6.07, 6.45) is 0. The summed E-state index contributed by atoms with van der Waals surface area (Å²) < 4.78 is 68.0. The first-order valence-corrected chi connectivity index (χ1v) is 8.93. The van der Waals surface area contributed by atoms with E-state index >= 15 is 0 Å². The van der Waals surface area contributed by atoms with Crippen LogP contribution >= 0.6 is 23.5 Å². The summed E-state index contributed by atoms with van der Waals surface area (Å²) in [5, 5.41) is 0. The van der Waals surface area contributed by atoms with E-state index in [1.54, 1.807) is 0 Å². The van der Waals surface area contributed by atoms with Crippen LogP contribution in [0.4, 0.5) is 0 Å². The number of rotatable bonds is 4. The largest absolute Gasteiger partial charge is 0.490 e. The molecule has 112 valence electrons. The van der Waals surface area contributed by atoms with Crippen molar-refractivity contribution in [1.29, 1.82) is 0 Å². The number of phosphoric acid groups is 3. The first-order valence-electron chi connectivity index (χ1n) is 2.98. The number of hydrogen-bond donors (Lipinski definition) is 7. The van der Waals surface area contributed by atoms with Gasteiger partial charge in [-0.25, -0.2) is 13.7 Å². The highest BCUT2D eigenvalue weighted by atomic mass is 32.3. The summed E-state index contributed by atoms with van der Waals surface area (Å²) in [5.41, 5.74) is 0. The topological polar surface area (TPSA) is 245 Å². The van der Waals surface area contributed by atoms with Crippen LogP contribution in [0.3, 0.4) is 0 Å². The minimum Gasteiger partial charge on any atom is -0.302 e. The molecule has 0 aliphatic carbocycles. The quantitative estimate of drug-likeness (QED) is 0.227. The second-order valence-electron chi connectivity index (χ2n) is 2.06. The van der Waals surface area contributed by atoms with Gasteiger partial charge in [0.05, 0.1) is 0 Å². The van der Waals surface area contributed by atoms with Crippen molar-refractivity contribution in [2.75, 3.05) is 0 Å². The third-order valence-corrected chi connectivity index (χ3v) is 3.77. The molecule has 0 aliphatic rings. The lowest BCUT2D eigenvalue weighted by Gasteiger charge is -2.11. The maximum absolute atomic E-state index is 10.4. The summed E-state index contributed by atoms with van der Waals surface area (Å²) in [7, 11) is -20.8. The molecular formula is H7O14P3S. The van der Waals surface area contributed by atoms with Crippen molar-refractivity contribution in [2.24, 2.45) is 0 Å². The Bertz CT molecular complexity index is 447. The molecule has 0 fully saturated rings. The zero-order valence-corrected chi connectivity index (χ0v) is 11.2. The molecule has 0 saturated carbocycles. The van der Waals surface area contributed by atoms with Crippen molar-refractivity contribution in [2.45, 2.75) is 0 Å². The fourth-order valence-electron chi connectivity index (χ4n) is 0.284. The predicted molar refractivity (Wildman–Crippen MR) is 50.3 cm³/mol. The van der Waals surface area contributed by atoms with Crippen LogP contribution in [0.25, 0.3) is 0 Å². The molecule has 0 aromatic heterocycles. The van der Waals surface area contributed by atoms with Gasteiger partial charge in [-0.3, -0.25) is 9.11 Å². The van der Waals surface area contributed by atoms with Gasteiger partial charge in [-0.15, -0.1) is 0 Å². The monoisotopic (exact) mass is 356 g/mol. The Kier molecular flexibility index (Phi) is 7.59. The van der Waals surface area contributed by atoms with Gasteiger partial charge >= 0.3 is 33.9 Å². The Morgan fingerprint density at radius 1 is 0.722 bits per heavy atom. The van der Waals surface area contributed by atoms with E-state index in [4.69, 9.17) is 42.0 Å². The summed E-state index contributed by atoms with van der Waals surface area (Å²) in [4.78, 5) is 40.2. The van der Waals surface area contributed by atoms with E-state index in [1.807, 2.05) is 0 Å². The van der Waals surface area contributed by atoms with E-state index in [2.05, 4.69) is 8.62 Å². The Morgan fingerprint density at radius 2 is 0.889 bits per heavy atom. The Hall–Kier alpha value is 0.280. The van der Waals surface area contributed by atoms with Crippen molar-refractivity contribution >= 4 is 33.9 Å². The lowest BCUT2D eigenvalue weighted by atomic mass is 15.7. The molecule has 0 aliphatic heterocycles. The fourth-order valence-corrected chi connectivity index (χ4v) is 2.82. The molecule has 18 heteroatoms. The van der Waals surface area contributed by atoms with Crippen molar-refractivity contribution in [3.8, 4) is 0 Å². The molecular weight excluding hydrogens is 349 g/mol. The van der Waals surface area contributed by atoms with Crippen LogP contribution in [-0.2, 0) is 32.7 Å². The van der Waals surface area contributed by atoms with Crippen LogP contribution in [0, 0.1) is 0 Å². The molecule has 0 aromatic carbocycles. The van der Waals surface area contributed by atoms with Gasteiger partial charge in [-0.2, -0.15) is 17.0 Å². The molecule has 0 radical (unpaired) electrons. The van der Waals surface area contributed by atoms with Gasteiger partial charge < -0.3 is 24.5 Å². The highest BCUT2D eigenvalue weighted by Gasteiger charge is 2.38. The first-order chi connectivity index (χ1) is 7.41. The lowest BCUT2D eigenvalue weighted by molar-refractivity contribution is 0.204. The molecule has 0 saturated heterocycles. The second kappa shape index (κ2) is 6.63. The van der Waals surface area contributed by atoms with E-state index < -0.39 is 33.9 Å². The summed E-state index contributed by atoms with van der Waals surface area (Å²) in [6.45, 7) is 0. The smallest absolute Gasteiger partial charge is 0.302 e. The first kappa shape index (κ1) is 20.6. The molecule has 14 nitrogen and oxygen atoms in total. The van der Waals surface area contributed by atoms with Gasteiger partial charge in [-0.05, 0) is 0 Å². The molecule has 0 spiro atoms. The Morgan fingerprint density at radius 3 is 1.00 bits per heavy atom. The van der Waals surface area contributed by atoms with Crippen LogP contribution in [-0.4, -0.2) is 42.0 Å². The van der Waals surface area contributed by atoms with E-state index in [-0.39, 0.29) is 0 Å². The van der Waals surface area contributed by atoms with E-state index in [9.17, 15) is 13.7 Å². The minimum absolute atomic E-state index is 3.06. The third kappa shape index (κ3) is 25.2. The van der Waals surface area contributed by atoms with Crippen LogP contribution in [0.1, 0.15) is 0 Å². The standard InChI is InChI=1S/H5O10P3.H2O4S/c1-11(2,3)9-13(7,8)10-12(4,5)6;1-5(2,3)4/h(H,7,8)(H2,1,2,3)(H2,4,5,6);(H2,1,2,3,4). The van der Waals surface area contributed by atoms with Crippen LogP contribution < -0.4 is 0 Å². The van der Waals surface area contributed by atoms with E-state index in [0.29, 0.717) is 0 Å². The van der Waals surface area contributed by atoms with E-state index in [0.717, 1.165) is 0 Å². The zero-order chi connectivity index (χ0) is 15.4. The second-order valence-corrected chi connectivity index (χ2v) is 7.16. The highest BCUT2D eigenvalue weighted by molar-refractivity contribution is 7.79. The van der Waals surface area contributed by atoms with Crippen LogP contribution in [0.5, 0.6) is 0 Å². The van der Waals surface area contributed by atoms with Crippen molar-refractivity contribution < 1.29 is 64.3 Å². The summed E-state index contributed by atoms with van der Waals surface area (Å²) >= 11 is 0. The Balaban J connectivity index is 0. The Labute approximate surface area is 98.9 Å². The molecule has 0 unspecified atom stereocenters. The van der Waals surface area contributed by atoms with Gasteiger partial charge in [-0.1, -0.05) is 0 Å². The molecule has 0 rings (SSSR count). The lowest BCUT2D eigenvalue weighted by Crippen LogP contribution is -1.91. The van der Waals surface area contributed by atoms with Crippen LogP contribution in [0.15, 0.2) is 0 Å². The maximum Gasteiger partial charge on any atom is 0.490 e. The molecule has 0 atom stereocenters. The average Bonchev–Trinajstić information content (AvgIpc) is 1.64. The van der Waals surface area contributed by atoms with Gasteiger partial charge in [0.15, 0.2) is 0 Å². The van der Waals surface area contributed by atoms with Gasteiger partial charge in [0.1, 0.15) is 0 Å². The SMILES string of the molecule is O=P(O)(O)OP(=O)(O)OP(=O)(O)O.O=S(=O)(O)O. The van der Waals surface area contributed by atoms with Crippen molar-refractivity contribution in [3.63, 3.8) is 0 Å². The zero-order valence-electron chi connectivity index (χ0n) is 7.74. The normalized spacial score (nSPS) is 13.7. The summed E-state index contributed by atoms with van der Waals surface area (Å²) in [5.74, 6) is 0. The fraction of sp³-hybridized carbons (Fsp3) is 0. The van der Waals surface area contributed by atoms with Crippen LogP contribution in [0.2, 0.25) is 0 Å². The molecule has 0 aromatic rings. The summed E-state index contributed by atoms with van der Waals surface area (Å²) in [6, 6.07) is 0.